The van der Waals surface area contributed by atoms with E-state index in [4.69, 9.17) is 28.3 Å². The van der Waals surface area contributed by atoms with Crippen molar-refractivity contribution >= 4 is 50.2 Å². The molecule has 2 N–H and O–H groups in total. The lowest BCUT2D eigenvalue weighted by Gasteiger charge is -2.08. The largest absolute Gasteiger partial charge is 0.391 e. The van der Waals surface area contributed by atoms with Gasteiger partial charge in [0.05, 0.1) is 27.2 Å². The molecule has 20 heavy (non-hydrogen) atoms. The van der Waals surface area contributed by atoms with Crippen LogP contribution in [0.5, 0.6) is 0 Å². The summed E-state index contributed by atoms with van der Waals surface area (Å²) in [5, 5.41) is 9.76. The number of aliphatic hydroxyl groups excluding tert-OH is 1. The van der Waals surface area contributed by atoms with Gasteiger partial charge in [-0.2, -0.15) is 0 Å². The number of anilines is 1. The second-order valence-corrected chi connectivity index (χ2v) is 7.26. The molecule has 9 heteroatoms. The van der Waals surface area contributed by atoms with E-state index in [0.29, 0.717) is 4.88 Å². The molecule has 0 spiro atoms. The van der Waals surface area contributed by atoms with Crippen LogP contribution < -0.4 is 4.72 Å². The van der Waals surface area contributed by atoms with Crippen molar-refractivity contribution < 1.29 is 17.9 Å². The van der Waals surface area contributed by atoms with Crippen molar-refractivity contribution in [1.82, 2.24) is 0 Å². The Morgan fingerprint density at radius 3 is 2.35 bits per heavy atom. The molecule has 1 heterocycles. The first-order valence-electron chi connectivity index (χ1n) is 5.19. The molecule has 0 aliphatic heterocycles. The maximum absolute atomic E-state index is 13.2. The van der Waals surface area contributed by atoms with Gasteiger partial charge in [0.15, 0.2) is 5.82 Å². The van der Waals surface area contributed by atoms with E-state index in [0.717, 1.165) is 23.5 Å². The lowest BCUT2D eigenvalue weighted by Crippen LogP contribution is -2.12. The van der Waals surface area contributed by atoms with Gasteiger partial charge in [0.25, 0.3) is 10.0 Å². The van der Waals surface area contributed by atoms with Crippen molar-refractivity contribution in [1.29, 1.82) is 0 Å². The Hall–Kier alpha value is -0.860. The molecule has 0 saturated heterocycles. The SMILES string of the molecule is O=S(=O)(Nc1cc(Cl)c(F)c(Cl)c1)c1csc(CO)c1. The van der Waals surface area contributed by atoms with Gasteiger partial charge >= 0.3 is 0 Å². The zero-order chi connectivity index (χ0) is 14.9. The molecule has 0 amide bonds. The molecule has 1 aromatic heterocycles. The Bertz CT molecular complexity index is 723. The Labute approximate surface area is 128 Å². The number of hydrogen-bond acceptors (Lipinski definition) is 4. The highest BCUT2D eigenvalue weighted by atomic mass is 35.5. The summed E-state index contributed by atoms with van der Waals surface area (Å²) in [6.45, 7) is -0.242. The fourth-order valence-corrected chi connectivity index (χ4v) is 4.07. The van der Waals surface area contributed by atoms with Gasteiger partial charge in [0.2, 0.25) is 0 Å². The number of hydrogen-bond donors (Lipinski definition) is 2. The van der Waals surface area contributed by atoms with E-state index >= 15 is 0 Å². The monoisotopic (exact) mass is 355 g/mol. The molecule has 4 nitrogen and oxygen atoms in total. The minimum atomic E-state index is -3.84. The third kappa shape index (κ3) is 3.24. The highest BCUT2D eigenvalue weighted by molar-refractivity contribution is 7.92. The molecule has 108 valence electrons. The molecule has 0 aliphatic rings. The smallest absolute Gasteiger partial charge is 0.262 e. The van der Waals surface area contributed by atoms with Crippen LogP contribution in [-0.2, 0) is 16.6 Å². The van der Waals surface area contributed by atoms with E-state index in [1.807, 2.05) is 0 Å². The van der Waals surface area contributed by atoms with E-state index in [-0.39, 0.29) is 27.2 Å². The fraction of sp³-hybridized carbons (Fsp3) is 0.0909. The minimum absolute atomic E-state index is 0.00289. The van der Waals surface area contributed by atoms with Crippen molar-refractivity contribution in [2.45, 2.75) is 11.5 Å². The van der Waals surface area contributed by atoms with Crippen molar-refractivity contribution in [2.24, 2.45) is 0 Å². The van der Waals surface area contributed by atoms with Crippen LogP contribution in [0.15, 0.2) is 28.5 Å². The summed E-state index contributed by atoms with van der Waals surface area (Å²) in [5.74, 6) is -0.811. The van der Waals surface area contributed by atoms with Gasteiger partial charge in [-0.05, 0) is 18.2 Å². The van der Waals surface area contributed by atoms with Crippen molar-refractivity contribution in [3.63, 3.8) is 0 Å². The second-order valence-electron chi connectivity index (χ2n) is 3.77. The van der Waals surface area contributed by atoms with Crippen LogP contribution in [0.25, 0.3) is 0 Å². The summed E-state index contributed by atoms with van der Waals surface area (Å²) in [6, 6.07) is 3.60. The zero-order valence-electron chi connectivity index (χ0n) is 9.73. The Kier molecular flexibility index (Phi) is 4.55. The van der Waals surface area contributed by atoms with Gasteiger partial charge in [0.1, 0.15) is 0 Å². The average molecular weight is 356 g/mol. The van der Waals surface area contributed by atoms with Gasteiger partial charge in [-0.25, -0.2) is 12.8 Å². The Morgan fingerprint density at radius 2 is 1.85 bits per heavy atom. The molecule has 0 radical (unpaired) electrons. The topological polar surface area (TPSA) is 66.4 Å². The van der Waals surface area contributed by atoms with Gasteiger partial charge in [-0.3, -0.25) is 4.72 Å². The number of rotatable bonds is 4. The lowest BCUT2D eigenvalue weighted by molar-refractivity contribution is 0.285. The Balaban J connectivity index is 2.33. The van der Waals surface area contributed by atoms with Crippen LogP contribution in [0.4, 0.5) is 10.1 Å². The quantitative estimate of drug-likeness (QED) is 0.825. The standard InChI is InChI=1S/C11H8Cl2FNO3S2/c12-9-1-6(2-10(13)11(9)14)15-20(17,18)8-3-7(4-16)19-5-8/h1-3,5,15-16H,4H2. The number of nitrogens with one attached hydrogen (secondary N) is 1. The third-order valence-electron chi connectivity index (χ3n) is 2.33. The van der Waals surface area contributed by atoms with Crippen molar-refractivity contribution in [2.75, 3.05) is 4.72 Å². The van der Waals surface area contributed by atoms with Crippen LogP contribution in [0, 0.1) is 5.82 Å². The van der Waals surface area contributed by atoms with Gasteiger partial charge in [0, 0.05) is 10.3 Å². The second kappa shape index (κ2) is 5.87. The maximum atomic E-state index is 13.2. The number of thiophene rings is 1. The first kappa shape index (κ1) is 15.5. The number of benzene rings is 1. The molecule has 0 bridgehead atoms. The molecule has 1 aromatic carbocycles. The summed E-state index contributed by atoms with van der Waals surface area (Å²) in [7, 11) is -3.84. The highest BCUT2D eigenvalue weighted by Crippen LogP contribution is 2.29. The predicted molar refractivity (Wildman–Crippen MR) is 77.5 cm³/mol. The molecule has 0 atom stereocenters. The van der Waals surface area contributed by atoms with E-state index in [9.17, 15) is 12.8 Å². The van der Waals surface area contributed by atoms with Crippen LogP contribution in [0.1, 0.15) is 4.88 Å². The van der Waals surface area contributed by atoms with Crippen LogP contribution >= 0.6 is 34.5 Å². The van der Waals surface area contributed by atoms with Crippen molar-refractivity contribution in [3.05, 3.63) is 44.3 Å². The Morgan fingerprint density at radius 1 is 1.25 bits per heavy atom. The molecule has 2 aromatic rings. The predicted octanol–water partition coefficient (Wildman–Crippen LogP) is 3.49. The van der Waals surface area contributed by atoms with Crippen LogP contribution in [-0.4, -0.2) is 13.5 Å². The first-order chi connectivity index (χ1) is 9.33. The molecule has 0 unspecified atom stereocenters. The normalized spacial score (nSPS) is 11.6. The van der Waals surface area contributed by atoms with E-state index in [2.05, 4.69) is 4.72 Å². The lowest BCUT2D eigenvalue weighted by atomic mass is 10.3. The van der Waals surface area contributed by atoms with Crippen LogP contribution in [0.3, 0.4) is 0 Å². The first-order valence-corrected chi connectivity index (χ1v) is 8.31. The van der Waals surface area contributed by atoms with Gasteiger partial charge < -0.3 is 5.11 Å². The van der Waals surface area contributed by atoms with E-state index in [1.54, 1.807) is 0 Å². The van der Waals surface area contributed by atoms with Gasteiger partial charge in [-0.15, -0.1) is 11.3 Å². The molecule has 0 aliphatic carbocycles. The van der Waals surface area contributed by atoms with E-state index < -0.39 is 15.8 Å². The van der Waals surface area contributed by atoms with Crippen LogP contribution in [0.2, 0.25) is 10.0 Å². The zero-order valence-corrected chi connectivity index (χ0v) is 12.9. The molecule has 0 fully saturated rings. The molecule has 2 rings (SSSR count). The molecule has 0 saturated carbocycles. The maximum Gasteiger partial charge on any atom is 0.262 e. The number of aliphatic hydroxyl groups is 1. The fourth-order valence-electron chi connectivity index (χ4n) is 1.41. The summed E-state index contributed by atoms with van der Waals surface area (Å²) >= 11 is 12.3. The summed E-state index contributed by atoms with van der Waals surface area (Å²) < 4.78 is 39.6. The average Bonchev–Trinajstić information content (AvgIpc) is 2.85. The van der Waals surface area contributed by atoms with Gasteiger partial charge in [-0.1, -0.05) is 23.2 Å². The molecular formula is C11H8Cl2FNO3S2. The third-order valence-corrected chi connectivity index (χ3v) is 5.31. The van der Waals surface area contributed by atoms with E-state index in [1.165, 1.54) is 11.4 Å². The van der Waals surface area contributed by atoms with Crippen molar-refractivity contribution in [3.8, 4) is 0 Å². The molecular weight excluding hydrogens is 348 g/mol. The minimum Gasteiger partial charge on any atom is -0.391 e. The number of sulfonamides is 1. The number of halogens is 3. The summed E-state index contributed by atoms with van der Waals surface area (Å²) in [4.78, 5) is 0.517. The summed E-state index contributed by atoms with van der Waals surface area (Å²) in [5.41, 5.74) is 0.0538. The highest BCUT2D eigenvalue weighted by Gasteiger charge is 2.18. The summed E-state index contributed by atoms with van der Waals surface area (Å²) in [6.07, 6.45) is 0.